The number of nitrogens with one attached hydrogen (secondary N) is 2. The second kappa shape index (κ2) is 5.77. The van der Waals surface area contributed by atoms with E-state index in [9.17, 15) is 0 Å². The Bertz CT molecular complexity index is 526. The molecule has 1 aliphatic heterocycles. The molecule has 5 nitrogen and oxygen atoms in total. The van der Waals surface area contributed by atoms with Gasteiger partial charge in [-0.15, -0.1) is 0 Å². The molecule has 0 aliphatic carbocycles. The van der Waals surface area contributed by atoms with E-state index in [1.165, 1.54) is 0 Å². The molecule has 1 fully saturated rings. The summed E-state index contributed by atoms with van der Waals surface area (Å²) in [6.45, 7) is 2.21. The van der Waals surface area contributed by atoms with Crippen LogP contribution in [0.2, 0.25) is 0 Å². The first-order chi connectivity index (χ1) is 9.42. The van der Waals surface area contributed by atoms with Gasteiger partial charge in [0.25, 0.3) is 0 Å². The van der Waals surface area contributed by atoms with Gasteiger partial charge in [0.05, 0.1) is 19.3 Å². The lowest BCUT2D eigenvalue weighted by Gasteiger charge is -2.22. The fourth-order valence-electron chi connectivity index (χ4n) is 2.01. The summed E-state index contributed by atoms with van der Waals surface area (Å²) in [7, 11) is 0. The lowest BCUT2D eigenvalue weighted by atomic mass is 10.2. The molecule has 5 heteroatoms. The standard InChI is InChI=1S/C14H16N4O/c1-2-4-11(5-3-1)17-13-6-7-16-14(18-13)12-10-19-9-8-15-12/h1-7,12,15H,8-10H2,(H,16,17,18)/t12-/m0/s1. The number of para-hydroxylation sites is 1. The molecule has 2 aromatic rings. The van der Waals surface area contributed by atoms with Crippen LogP contribution in [0.5, 0.6) is 0 Å². The summed E-state index contributed by atoms with van der Waals surface area (Å²) < 4.78 is 5.43. The highest BCUT2D eigenvalue weighted by Crippen LogP contribution is 2.16. The highest BCUT2D eigenvalue weighted by Gasteiger charge is 2.17. The topological polar surface area (TPSA) is 59.1 Å². The summed E-state index contributed by atoms with van der Waals surface area (Å²) >= 11 is 0. The molecule has 1 aromatic heterocycles. The highest BCUT2D eigenvalue weighted by molar-refractivity contribution is 5.55. The predicted octanol–water partition coefficient (Wildman–Crippen LogP) is 1.88. The van der Waals surface area contributed by atoms with Gasteiger partial charge in [-0.3, -0.25) is 0 Å². The van der Waals surface area contributed by atoms with Crippen molar-refractivity contribution >= 4 is 11.5 Å². The maximum atomic E-state index is 5.43. The quantitative estimate of drug-likeness (QED) is 0.878. The molecule has 0 bridgehead atoms. The fraction of sp³-hybridized carbons (Fsp3) is 0.286. The first-order valence-electron chi connectivity index (χ1n) is 6.38. The van der Waals surface area contributed by atoms with Crippen molar-refractivity contribution in [1.29, 1.82) is 0 Å². The van der Waals surface area contributed by atoms with Crippen LogP contribution in [0.25, 0.3) is 0 Å². The van der Waals surface area contributed by atoms with E-state index in [1.807, 2.05) is 36.4 Å². The lowest BCUT2D eigenvalue weighted by molar-refractivity contribution is 0.0742. The molecular formula is C14H16N4O. The number of ether oxygens (including phenoxy) is 1. The third-order valence-electron chi connectivity index (χ3n) is 2.95. The van der Waals surface area contributed by atoms with E-state index < -0.39 is 0 Å². The number of hydrogen-bond acceptors (Lipinski definition) is 5. The number of nitrogens with zero attached hydrogens (tertiary/aromatic N) is 2. The summed E-state index contributed by atoms with van der Waals surface area (Å²) in [5.74, 6) is 1.56. The van der Waals surface area contributed by atoms with E-state index in [0.717, 1.165) is 30.5 Å². The van der Waals surface area contributed by atoms with Crippen molar-refractivity contribution in [3.8, 4) is 0 Å². The van der Waals surface area contributed by atoms with Gasteiger partial charge in [-0.1, -0.05) is 18.2 Å². The molecular weight excluding hydrogens is 240 g/mol. The van der Waals surface area contributed by atoms with Gasteiger partial charge in [-0.05, 0) is 18.2 Å². The third-order valence-corrected chi connectivity index (χ3v) is 2.95. The minimum Gasteiger partial charge on any atom is -0.378 e. The van der Waals surface area contributed by atoms with Gasteiger partial charge < -0.3 is 15.4 Å². The molecule has 0 amide bonds. The van der Waals surface area contributed by atoms with Crippen molar-refractivity contribution in [3.05, 3.63) is 48.4 Å². The van der Waals surface area contributed by atoms with E-state index in [4.69, 9.17) is 4.74 Å². The zero-order chi connectivity index (χ0) is 12.9. The number of aromatic nitrogens is 2. The van der Waals surface area contributed by atoms with E-state index in [-0.39, 0.29) is 6.04 Å². The van der Waals surface area contributed by atoms with Gasteiger partial charge in [0.15, 0.2) is 0 Å². The number of benzene rings is 1. The maximum absolute atomic E-state index is 5.43. The fourth-order valence-corrected chi connectivity index (χ4v) is 2.01. The Balaban J connectivity index is 1.76. The van der Waals surface area contributed by atoms with Crippen LogP contribution in [-0.4, -0.2) is 29.7 Å². The summed E-state index contributed by atoms with van der Waals surface area (Å²) in [5.41, 5.74) is 1.01. The van der Waals surface area contributed by atoms with Gasteiger partial charge in [0.2, 0.25) is 0 Å². The van der Waals surface area contributed by atoms with Gasteiger partial charge in [0, 0.05) is 18.4 Å². The second-order valence-electron chi connectivity index (χ2n) is 4.37. The van der Waals surface area contributed by atoms with Gasteiger partial charge in [0.1, 0.15) is 11.6 Å². The average Bonchev–Trinajstić information content (AvgIpc) is 2.49. The Morgan fingerprint density at radius 2 is 2.11 bits per heavy atom. The van der Waals surface area contributed by atoms with Crippen LogP contribution in [0.1, 0.15) is 11.9 Å². The van der Waals surface area contributed by atoms with E-state index in [0.29, 0.717) is 6.61 Å². The molecule has 1 atom stereocenters. The zero-order valence-corrected chi connectivity index (χ0v) is 10.5. The van der Waals surface area contributed by atoms with E-state index in [1.54, 1.807) is 6.20 Å². The Kier molecular flexibility index (Phi) is 3.67. The number of hydrogen-bond donors (Lipinski definition) is 2. The van der Waals surface area contributed by atoms with Crippen molar-refractivity contribution in [3.63, 3.8) is 0 Å². The van der Waals surface area contributed by atoms with Crippen LogP contribution in [-0.2, 0) is 4.74 Å². The van der Waals surface area contributed by atoms with E-state index in [2.05, 4.69) is 20.6 Å². The molecule has 2 N–H and O–H groups in total. The Morgan fingerprint density at radius 3 is 2.89 bits per heavy atom. The SMILES string of the molecule is c1ccc(Nc2ccnc([C@@H]3COCCN3)n2)cc1. The average molecular weight is 256 g/mol. The van der Waals surface area contributed by atoms with Crippen LogP contribution in [0.4, 0.5) is 11.5 Å². The summed E-state index contributed by atoms with van der Waals surface area (Å²) in [5, 5.41) is 6.61. The summed E-state index contributed by atoms with van der Waals surface area (Å²) in [6, 6.07) is 11.9. The minimum atomic E-state index is 0.0753. The Morgan fingerprint density at radius 1 is 1.21 bits per heavy atom. The Labute approximate surface area is 112 Å². The highest BCUT2D eigenvalue weighted by atomic mass is 16.5. The van der Waals surface area contributed by atoms with Gasteiger partial charge >= 0.3 is 0 Å². The number of anilines is 2. The smallest absolute Gasteiger partial charge is 0.149 e. The molecule has 0 spiro atoms. The molecule has 3 rings (SSSR count). The summed E-state index contributed by atoms with van der Waals surface area (Å²) in [4.78, 5) is 8.84. The number of rotatable bonds is 3. The van der Waals surface area contributed by atoms with Crippen molar-refractivity contribution in [2.45, 2.75) is 6.04 Å². The third kappa shape index (κ3) is 3.07. The first kappa shape index (κ1) is 12.1. The minimum absolute atomic E-state index is 0.0753. The molecule has 0 unspecified atom stereocenters. The zero-order valence-electron chi connectivity index (χ0n) is 10.5. The molecule has 98 valence electrons. The van der Waals surface area contributed by atoms with Crippen molar-refractivity contribution in [2.75, 3.05) is 25.1 Å². The normalized spacial score (nSPS) is 19.1. The molecule has 19 heavy (non-hydrogen) atoms. The van der Waals surface area contributed by atoms with Gasteiger partial charge in [-0.25, -0.2) is 9.97 Å². The molecule has 0 radical (unpaired) electrons. The molecule has 1 aromatic carbocycles. The van der Waals surface area contributed by atoms with Crippen molar-refractivity contribution in [2.24, 2.45) is 0 Å². The van der Waals surface area contributed by atoms with Crippen LogP contribution >= 0.6 is 0 Å². The number of morpholine rings is 1. The molecule has 1 saturated heterocycles. The van der Waals surface area contributed by atoms with Crippen LogP contribution in [0.3, 0.4) is 0 Å². The van der Waals surface area contributed by atoms with E-state index >= 15 is 0 Å². The largest absolute Gasteiger partial charge is 0.378 e. The van der Waals surface area contributed by atoms with Gasteiger partial charge in [-0.2, -0.15) is 0 Å². The Hall–Kier alpha value is -1.98. The van der Waals surface area contributed by atoms with Crippen molar-refractivity contribution in [1.82, 2.24) is 15.3 Å². The summed E-state index contributed by atoms with van der Waals surface area (Å²) in [6.07, 6.45) is 1.77. The van der Waals surface area contributed by atoms with Crippen LogP contribution < -0.4 is 10.6 Å². The van der Waals surface area contributed by atoms with Crippen LogP contribution in [0, 0.1) is 0 Å². The van der Waals surface area contributed by atoms with Crippen molar-refractivity contribution < 1.29 is 4.74 Å². The predicted molar refractivity (Wildman–Crippen MR) is 73.3 cm³/mol. The monoisotopic (exact) mass is 256 g/mol. The lowest BCUT2D eigenvalue weighted by Crippen LogP contribution is -2.35. The first-order valence-corrected chi connectivity index (χ1v) is 6.38. The molecule has 0 saturated carbocycles. The second-order valence-corrected chi connectivity index (χ2v) is 4.37. The molecule has 2 heterocycles. The maximum Gasteiger partial charge on any atom is 0.149 e. The van der Waals surface area contributed by atoms with Crippen LogP contribution in [0.15, 0.2) is 42.6 Å². The molecule has 1 aliphatic rings.